The molecule has 3 heteroatoms. The molecule has 0 N–H and O–H groups in total. The van der Waals surface area contributed by atoms with Gasteiger partial charge in [-0.05, 0) is 25.2 Å². The summed E-state index contributed by atoms with van der Waals surface area (Å²) >= 11 is 0. The first kappa shape index (κ1) is 11.1. The Morgan fingerprint density at radius 2 is 2.07 bits per heavy atom. The van der Waals surface area contributed by atoms with Crippen molar-refractivity contribution in [2.45, 2.75) is 45.3 Å². The molecule has 1 spiro atoms. The van der Waals surface area contributed by atoms with Crippen molar-refractivity contribution < 1.29 is 14.3 Å². The zero-order valence-electron chi connectivity index (χ0n) is 9.62. The highest BCUT2D eigenvalue weighted by atomic mass is 16.7. The summed E-state index contributed by atoms with van der Waals surface area (Å²) in [5.41, 5.74) is 0. The summed E-state index contributed by atoms with van der Waals surface area (Å²) in [6, 6.07) is 0. The van der Waals surface area contributed by atoms with E-state index in [0.717, 1.165) is 38.9 Å². The first-order valence-corrected chi connectivity index (χ1v) is 5.89. The van der Waals surface area contributed by atoms with Gasteiger partial charge >= 0.3 is 0 Å². The van der Waals surface area contributed by atoms with Crippen molar-refractivity contribution in [1.82, 2.24) is 0 Å². The largest absolute Gasteiger partial charge is 0.348 e. The second-order valence-electron chi connectivity index (χ2n) is 4.99. The Morgan fingerprint density at radius 3 is 2.60 bits per heavy atom. The maximum atomic E-state index is 11.1. The normalized spacial score (nSPS) is 34.5. The van der Waals surface area contributed by atoms with Gasteiger partial charge in [-0.1, -0.05) is 6.92 Å². The van der Waals surface area contributed by atoms with Crippen LogP contribution in [0.2, 0.25) is 0 Å². The Labute approximate surface area is 91.1 Å². The fourth-order valence-corrected chi connectivity index (χ4v) is 2.88. The minimum atomic E-state index is -0.299. The molecule has 0 bridgehead atoms. The van der Waals surface area contributed by atoms with Crippen LogP contribution < -0.4 is 0 Å². The van der Waals surface area contributed by atoms with Crippen LogP contribution in [0.25, 0.3) is 0 Å². The highest BCUT2D eigenvalue weighted by Gasteiger charge is 2.43. The number of rotatable bonds is 2. The van der Waals surface area contributed by atoms with Crippen molar-refractivity contribution in [1.29, 1.82) is 0 Å². The molecular weight excluding hydrogens is 192 g/mol. The van der Waals surface area contributed by atoms with Crippen molar-refractivity contribution in [2.24, 2.45) is 11.8 Å². The summed E-state index contributed by atoms with van der Waals surface area (Å²) in [6.07, 6.45) is 3.68. The molecule has 0 aromatic carbocycles. The van der Waals surface area contributed by atoms with E-state index in [0.29, 0.717) is 17.6 Å². The first-order valence-electron chi connectivity index (χ1n) is 5.89. The molecule has 1 aliphatic heterocycles. The van der Waals surface area contributed by atoms with Crippen LogP contribution in [0.5, 0.6) is 0 Å². The van der Waals surface area contributed by atoms with Gasteiger partial charge < -0.3 is 14.3 Å². The minimum Gasteiger partial charge on any atom is -0.348 e. The molecule has 0 amide bonds. The lowest BCUT2D eigenvalue weighted by Crippen LogP contribution is -2.39. The van der Waals surface area contributed by atoms with E-state index in [2.05, 4.69) is 6.92 Å². The molecule has 2 aliphatic rings. The van der Waals surface area contributed by atoms with Crippen LogP contribution in [-0.4, -0.2) is 24.8 Å². The lowest BCUT2D eigenvalue weighted by molar-refractivity contribution is -0.193. The molecular formula is C12H20O3. The van der Waals surface area contributed by atoms with Gasteiger partial charge in [0.15, 0.2) is 5.79 Å². The third kappa shape index (κ3) is 2.40. The SMILES string of the molecule is CC(=O)CC1CCC2(CC1C)OCCO2. The second kappa shape index (κ2) is 4.22. The minimum absolute atomic E-state index is 0.299. The quantitative estimate of drug-likeness (QED) is 0.703. The zero-order valence-corrected chi connectivity index (χ0v) is 9.62. The van der Waals surface area contributed by atoms with Crippen LogP contribution in [0.4, 0.5) is 0 Å². The van der Waals surface area contributed by atoms with Gasteiger partial charge in [-0.15, -0.1) is 0 Å². The summed E-state index contributed by atoms with van der Waals surface area (Å²) in [4.78, 5) is 11.1. The maximum absolute atomic E-state index is 11.1. The predicted molar refractivity (Wildman–Crippen MR) is 56.4 cm³/mol. The van der Waals surface area contributed by atoms with Gasteiger partial charge in [-0.3, -0.25) is 0 Å². The molecule has 0 aromatic rings. The van der Waals surface area contributed by atoms with E-state index in [4.69, 9.17) is 9.47 Å². The average Bonchev–Trinajstić information content (AvgIpc) is 2.59. The van der Waals surface area contributed by atoms with Crippen molar-refractivity contribution in [3.05, 3.63) is 0 Å². The average molecular weight is 212 g/mol. The van der Waals surface area contributed by atoms with Gasteiger partial charge in [0.1, 0.15) is 5.78 Å². The number of carbonyl (C=O) groups excluding carboxylic acids is 1. The van der Waals surface area contributed by atoms with E-state index in [1.54, 1.807) is 6.92 Å². The van der Waals surface area contributed by atoms with E-state index < -0.39 is 0 Å². The van der Waals surface area contributed by atoms with Crippen LogP contribution in [0.1, 0.15) is 39.5 Å². The highest BCUT2D eigenvalue weighted by Crippen LogP contribution is 2.42. The molecule has 1 heterocycles. The smallest absolute Gasteiger partial charge is 0.168 e. The van der Waals surface area contributed by atoms with E-state index in [1.807, 2.05) is 0 Å². The van der Waals surface area contributed by atoms with E-state index in [1.165, 1.54) is 0 Å². The predicted octanol–water partition coefficient (Wildman–Crippen LogP) is 2.14. The van der Waals surface area contributed by atoms with Crippen LogP contribution >= 0.6 is 0 Å². The summed E-state index contributed by atoms with van der Waals surface area (Å²) < 4.78 is 11.4. The Morgan fingerprint density at radius 1 is 1.40 bits per heavy atom. The molecule has 2 unspecified atom stereocenters. The van der Waals surface area contributed by atoms with E-state index in [-0.39, 0.29) is 5.79 Å². The lowest BCUT2D eigenvalue weighted by Gasteiger charge is -2.39. The van der Waals surface area contributed by atoms with Gasteiger partial charge in [0, 0.05) is 19.3 Å². The number of hydrogen-bond acceptors (Lipinski definition) is 3. The third-order valence-corrected chi connectivity index (χ3v) is 3.70. The zero-order chi connectivity index (χ0) is 10.9. The van der Waals surface area contributed by atoms with Crippen molar-refractivity contribution in [3.63, 3.8) is 0 Å². The van der Waals surface area contributed by atoms with Gasteiger partial charge in [-0.25, -0.2) is 0 Å². The van der Waals surface area contributed by atoms with Crippen molar-refractivity contribution in [2.75, 3.05) is 13.2 Å². The molecule has 3 nitrogen and oxygen atoms in total. The molecule has 0 aromatic heterocycles. The van der Waals surface area contributed by atoms with Gasteiger partial charge in [-0.2, -0.15) is 0 Å². The lowest BCUT2D eigenvalue weighted by atomic mass is 9.75. The molecule has 1 saturated carbocycles. The number of hydrogen-bond donors (Lipinski definition) is 0. The second-order valence-corrected chi connectivity index (χ2v) is 4.99. The maximum Gasteiger partial charge on any atom is 0.168 e. The fourth-order valence-electron chi connectivity index (χ4n) is 2.88. The number of ketones is 1. The van der Waals surface area contributed by atoms with Crippen molar-refractivity contribution in [3.8, 4) is 0 Å². The molecule has 0 radical (unpaired) electrons. The molecule has 1 aliphatic carbocycles. The summed E-state index contributed by atoms with van der Waals surface area (Å²) in [7, 11) is 0. The fraction of sp³-hybridized carbons (Fsp3) is 0.917. The summed E-state index contributed by atoms with van der Waals surface area (Å²) in [5, 5.41) is 0. The molecule has 2 fully saturated rings. The first-order chi connectivity index (χ1) is 7.11. The van der Waals surface area contributed by atoms with Crippen molar-refractivity contribution >= 4 is 5.78 Å². The van der Waals surface area contributed by atoms with Gasteiger partial charge in [0.25, 0.3) is 0 Å². The molecule has 2 atom stereocenters. The Kier molecular flexibility index (Phi) is 3.12. The number of Topliss-reactive ketones (excluding diaryl/α,β-unsaturated/α-hetero) is 1. The van der Waals surface area contributed by atoms with Gasteiger partial charge in [0.2, 0.25) is 0 Å². The summed E-state index contributed by atoms with van der Waals surface area (Å²) in [5.74, 6) is 1.06. The van der Waals surface area contributed by atoms with E-state index in [9.17, 15) is 4.79 Å². The monoisotopic (exact) mass is 212 g/mol. The molecule has 2 rings (SSSR count). The highest BCUT2D eigenvalue weighted by molar-refractivity contribution is 5.75. The molecule has 1 saturated heterocycles. The Balaban J connectivity index is 1.93. The van der Waals surface area contributed by atoms with Crippen LogP contribution in [0, 0.1) is 11.8 Å². The topological polar surface area (TPSA) is 35.5 Å². The van der Waals surface area contributed by atoms with E-state index >= 15 is 0 Å². The van der Waals surface area contributed by atoms with Crippen LogP contribution in [0.3, 0.4) is 0 Å². The standard InChI is InChI=1S/C12H20O3/c1-9-8-12(14-5-6-15-12)4-3-11(9)7-10(2)13/h9,11H,3-8H2,1-2H3. The third-order valence-electron chi connectivity index (χ3n) is 3.70. The summed E-state index contributed by atoms with van der Waals surface area (Å²) in [6.45, 7) is 5.34. The number of ether oxygens (including phenoxy) is 2. The molecule has 86 valence electrons. The Bertz CT molecular complexity index is 243. The molecule has 15 heavy (non-hydrogen) atoms. The van der Waals surface area contributed by atoms with Crippen LogP contribution in [0.15, 0.2) is 0 Å². The Hall–Kier alpha value is -0.410. The number of carbonyl (C=O) groups is 1. The van der Waals surface area contributed by atoms with Crippen LogP contribution in [-0.2, 0) is 14.3 Å². The van der Waals surface area contributed by atoms with Gasteiger partial charge in [0.05, 0.1) is 13.2 Å².